The molecule has 0 saturated heterocycles. The maximum Gasteiger partial charge on any atom is 0.472 e. The molecule has 0 bridgehead atoms. The van der Waals surface area contributed by atoms with Crippen molar-refractivity contribution in [2.75, 3.05) is 40.9 Å². The number of phosphoric acid groups is 1. The second kappa shape index (κ2) is 52.8. The van der Waals surface area contributed by atoms with Gasteiger partial charge in [0.1, 0.15) is 13.2 Å². The minimum Gasteiger partial charge on any atom is -0.387 e. The van der Waals surface area contributed by atoms with Gasteiger partial charge in [0.2, 0.25) is 5.91 Å². The Morgan fingerprint density at radius 2 is 0.771 bits per heavy atom. The lowest BCUT2D eigenvalue weighted by molar-refractivity contribution is -0.870. The Balaban J connectivity index is 3.99. The van der Waals surface area contributed by atoms with Crippen molar-refractivity contribution in [1.82, 2.24) is 5.32 Å². The second-order valence-corrected chi connectivity index (χ2v) is 23.9. The predicted octanol–water partition coefficient (Wildman–Crippen LogP) is 18.8. The van der Waals surface area contributed by atoms with E-state index in [1.807, 2.05) is 27.2 Å². The lowest BCUT2D eigenvalue weighted by atomic mass is 10.0. The smallest absolute Gasteiger partial charge is 0.387 e. The van der Waals surface area contributed by atoms with Crippen LogP contribution in [0.5, 0.6) is 0 Å². The van der Waals surface area contributed by atoms with Gasteiger partial charge in [0.15, 0.2) is 0 Å². The second-order valence-electron chi connectivity index (χ2n) is 22.4. The average molecular weight is 1010 g/mol. The predicted molar refractivity (Wildman–Crippen MR) is 305 cm³/mol. The molecule has 0 aliphatic carbocycles. The average Bonchev–Trinajstić information content (AvgIpc) is 3.32. The number of nitrogens with one attached hydrogen (secondary N) is 1. The van der Waals surface area contributed by atoms with E-state index in [2.05, 4.69) is 31.3 Å². The largest absolute Gasteiger partial charge is 0.472 e. The highest BCUT2D eigenvalue weighted by molar-refractivity contribution is 7.47. The summed E-state index contributed by atoms with van der Waals surface area (Å²) in [5, 5.41) is 13.9. The quantitative estimate of drug-likeness (QED) is 0.0243. The van der Waals surface area contributed by atoms with Crippen LogP contribution in [0.25, 0.3) is 0 Å². The molecule has 0 spiro atoms. The first-order valence-electron chi connectivity index (χ1n) is 30.7. The molecule has 0 heterocycles. The van der Waals surface area contributed by atoms with E-state index in [4.69, 9.17) is 9.05 Å². The zero-order valence-electron chi connectivity index (χ0n) is 47.5. The van der Waals surface area contributed by atoms with Gasteiger partial charge in [0.25, 0.3) is 0 Å². The number of hydrogen-bond donors (Lipinski definition) is 3. The van der Waals surface area contributed by atoms with Crippen LogP contribution in [-0.4, -0.2) is 73.4 Å². The molecule has 1 amide bonds. The van der Waals surface area contributed by atoms with Gasteiger partial charge in [0, 0.05) is 6.42 Å². The molecule has 3 atom stereocenters. The summed E-state index contributed by atoms with van der Waals surface area (Å²) in [6, 6.07) is -0.843. The van der Waals surface area contributed by atoms with Crippen LogP contribution >= 0.6 is 7.82 Å². The van der Waals surface area contributed by atoms with Gasteiger partial charge < -0.3 is 19.8 Å². The molecular formula is C61H122N2O6P+. The van der Waals surface area contributed by atoms with Crippen molar-refractivity contribution in [2.24, 2.45) is 0 Å². The van der Waals surface area contributed by atoms with E-state index in [1.165, 1.54) is 250 Å². The van der Waals surface area contributed by atoms with Gasteiger partial charge in [-0.3, -0.25) is 13.8 Å². The highest BCUT2D eigenvalue weighted by Gasteiger charge is 2.27. The zero-order valence-corrected chi connectivity index (χ0v) is 48.4. The van der Waals surface area contributed by atoms with Crippen molar-refractivity contribution >= 4 is 13.7 Å². The first kappa shape index (κ1) is 69.0. The van der Waals surface area contributed by atoms with Gasteiger partial charge >= 0.3 is 7.82 Å². The van der Waals surface area contributed by atoms with Crippen molar-refractivity contribution in [2.45, 2.75) is 321 Å². The minimum atomic E-state index is -4.34. The van der Waals surface area contributed by atoms with E-state index >= 15 is 0 Å². The molecule has 0 fully saturated rings. The molecule has 8 nitrogen and oxygen atoms in total. The minimum absolute atomic E-state index is 0.0641. The number of allylic oxidation sites excluding steroid dienone is 3. The molecular weight excluding hydrogens is 888 g/mol. The molecule has 70 heavy (non-hydrogen) atoms. The maximum atomic E-state index is 13.0. The van der Waals surface area contributed by atoms with Crippen LogP contribution in [0, 0.1) is 0 Å². The first-order chi connectivity index (χ1) is 34.0. The number of aliphatic hydroxyl groups is 1. The molecule has 9 heteroatoms. The van der Waals surface area contributed by atoms with Crippen LogP contribution in [0.1, 0.15) is 309 Å². The van der Waals surface area contributed by atoms with E-state index in [-0.39, 0.29) is 19.1 Å². The summed E-state index contributed by atoms with van der Waals surface area (Å²) in [6.45, 7) is 4.85. The van der Waals surface area contributed by atoms with Crippen LogP contribution in [0.15, 0.2) is 24.3 Å². The zero-order chi connectivity index (χ0) is 51.3. The summed E-state index contributed by atoms with van der Waals surface area (Å²) in [6.07, 6.45) is 67.3. The molecule has 3 unspecified atom stereocenters. The Bertz CT molecular complexity index is 1190. The Kier molecular flexibility index (Phi) is 52.1. The molecule has 0 aliphatic rings. The molecule has 0 aliphatic heterocycles. The van der Waals surface area contributed by atoms with Crippen LogP contribution in [-0.2, 0) is 18.4 Å². The molecule has 0 rings (SSSR count). The normalized spacial score (nSPS) is 14.0. The molecule has 0 radical (unpaired) electrons. The summed E-state index contributed by atoms with van der Waals surface area (Å²) < 4.78 is 23.7. The third kappa shape index (κ3) is 54.7. The number of nitrogens with zero attached hydrogens (tertiary/aromatic N) is 1. The van der Waals surface area contributed by atoms with Crippen LogP contribution in [0.3, 0.4) is 0 Å². The van der Waals surface area contributed by atoms with Crippen molar-refractivity contribution in [3.05, 3.63) is 24.3 Å². The SMILES string of the molecule is CCCCCCCCCC/C=C\CCCCCCCCCCCCCCCCCCCCCCCC(=O)NC(COP(=O)(O)OCC[N+](C)(C)C)C(O)/C=C/CCCCCCCCCCCCCCC. The maximum absolute atomic E-state index is 13.0. The van der Waals surface area contributed by atoms with Crippen LogP contribution < -0.4 is 5.32 Å². The van der Waals surface area contributed by atoms with E-state index < -0.39 is 20.0 Å². The topological polar surface area (TPSA) is 105 Å². The van der Waals surface area contributed by atoms with Gasteiger partial charge in [-0.15, -0.1) is 0 Å². The summed E-state index contributed by atoms with van der Waals surface area (Å²) in [5.74, 6) is -0.171. The monoisotopic (exact) mass is 1010 g/mol. The van der Waals surface area contributed by atoms with Crippen molar-refractivity contribution < 1.29 is 32.9 Å². The summed E-state index contributed by atoms with van der Waals surface area (Å²) in [4.78, 5) is 23.3. The Morgan fingerprint density at radius 1 is 0.471 bits per heavy atom. The van der Waals surface area contributed by atoms with Gasteiger partial charge in [0.05, 0.1) is 39.9 Å². The number of carbonyl (C=O) groups excluding carboxylic acids is 1. The van der Waals surface area contributed by atoms with E-state index in [0.717, 1.165) is 38.5 Å². The van der Waals surface area contributed by atoms with Gasteiger partial charge in [-0.05, 0) is 44.9 Å². The van der Waals surface area contributed by atoms with Gasteiger partial charge in [-0.25, -0.2) is 4.57 Å². The number of amides is 1. The fourth-order valence-corrected chi connectivity index (χ4v) is 10.1. The fraction of sp³-hybridized carbons (Fsp3) is 0.918. The molecule has 0 aromatic heterocycles. The van der Waals surface area contributed by atoms with Crippen molar-refractivity contribution in [1.29, 1.82) is 0 Å². The standard InChI is InChI=1S/C61H121N2O6P/c1-6-8-10-12-14-16-18-20-22-23-24-25-26-27-28-29-30-31-32-33-34-35-36-37-38-39-41-43-45-47-49-51-53-55-61(65)62-59(58-69-70(66,67)68-57-56-63(3,4)5)60(64)54-52-50-48-46-44-42-40-21-19-17-15-13-11-9-7-2/h23-24,52,54,59-60,64H,6-22,25-51,53,55-58H2,1-5H3,(H-,62,65,66,67)/p+1/b24-23-,54-52+. The number of rotatable bonds is 57. The van der Waals surface area contributed by atoms with E-state index in [0.29, 0.717) is 17.4 Å². The van der Waals surface area contributed by atoms with Crippen LogP contribution in [0.4, 0.5) is 0 Å². The summed E-state index contributed by atoms with van der Waals surface area (Å²) in [5.41, 5.74) is 0. The van der Waals surface area contributed by atoms with Crippen LogP contribution in [0.2, 0.25) is 0 Å². The van der Waals surface area contributed by atoms with Crippen molar-refractivity contribution in [3.8, 4) is 0 Å². The summed E-state index contributed by atoms with van der Waals surface area (Å²) in [7, 11) is 1.59. The molecule has 416 valence electrons. The lowest BCUT2D eigenvalue weighted by Gasteiger charge is -2.25. The Morgan fingerprint density at radius 3 is 1.10 bits per heavy atom. The number of carbonyl (C=O) groups is 1. The third-order valence-electron chi connectivity index (χ3n) is 14.2. The molecule has 0 aromatic rings. The Hall–Kier alpha value is -1.02. The number of quaternary nitrogens is 1. The number of phosphoric ester groups is 1. The molecule has 0 aromatic carbocycles. The van der Waals surface area contributed by atoms with Crippen molar-refractivity contribution in [3.63, 3.8) is 0 Å². The Labute approximate surface area is 436 Å². The molecule has 0 saturated carbocycles. The third-order valence-corrected chi connectivity index (χ3v) is 15.1. The number of aliphatic hydroxyl groups excluding tert-OH is 1. The number of likely N-dealkylation sites (N-methyl/N-ethyl adjacent to an activating group) is 1. The van der Waals surface area contributed by atoms with Gasteiger partial charge in [-0.2, -0.15) is 0 Å². The highest BCUT2D eigenvalue weighted by atomic mass is 31.2. The first-order valence-corrected chi connectivity index (χ1v) is 32.2. The number of unbranched alkanes of at least 4 members (excludes halogenated alkanes) is 42. The summed E-state index contributed by atoms with van der Waals surface area (Å²) >= 11 is 0. The number of hydrogen-bond acceptors (Lipinski definition) is 5. The lowest BCUT2D eigenvalue weighted by Crippen LogP contribution is -2.45. The molecule has 3 N–H and O–H groups in total. The highest BCUT2D eigenvalue weighted by Crippen LogP contribution is 2.43. The van der Waals surface area contributed by atoms with Gasteiger partial charge in [-0.1, -0.05) is 282 Å². The fourth-order valence-electron chi connectivity index (χ4n) is 9.33. The van der Waals surface area contributed by atoms with E-state index in [1.54, 1.807) is 6.08 Å². The van der Waals surface area contributed by atoms with E-state index in [9.17, 15) is 19.4 Å².